The zero-order chi connectivity index (χ0) is 21.4. The van der Waals surface area contributed by atoms with Crippen LogP contribution in [0.1, 0.15) is 15.9 Å². The first-order valence-corrected chi connectivity index (χ1v) is 11.3. The minimum Gasteiger partial charge on any atom is -0.374 e. The van der Waals surface area contributed by atoms with Crippen LogP contribution in [-0.2, 0) is 21.3 Å². The van der Waals surface area contributed by atoms with E-state index in [1.165, 1.54) is 35.9 Å². The quantitative estimate of drug-likeness (QED) is 0.594. The molecule has 0 aliphatic carbocycles. The first kappa shape index (κ1) is 22.2. The molecule has 30 heavy (non-hydrogen) atoms. The molecule has 1 aliphatic rings. The topological polar surface area (TPSA) is 87.7 Å². The maximum Gasteiger partial charge on any atom is 0.251 e. The van der Waals surface area contributed by atoms with Gasteiger partial charge in [-0.2, -0.15) is 0 Å². The fourth-order valence-corrected chi connectivity index (χ4v) is 4.23. The van der Waals surface area contributed by atoms with Gasteiger partial charge in [0.25, 0.3) is 5.91 Å². The molecule has 0 bridgehead atoms. The second kappa shape index (κ2) is 10.5. The average Bonchev–Trinajstić information content (AvgIpc) is 2.77. The highest BCUT2D eigenvalue weighted by molar-refractivity contribution is 7.89. The van der Waals surface area contributed by atoms with Crippen molar-refractivity contribution < 1.29 is 17.9 Å². The highest BCUT2D eigenvalue weighted by Gasteiger charge is 2.21. The number of rotatable bonds is 9. The smallest absolute Gasteiger partial charge is 0.251 e. The van der Waals surface area contributed by atoms with Gasteiger partial charge in [0.05, 0.1) is 17.6 Å². The molecule has 0 aromatic heterocycles. The van der Waals surface area contributed by atoms with Crippen LogP contribution in [0, 0.1) is 0 Å². The summed E-state index contributed by atoms with van der Waals surface area (Å²) in [5.41, 5.74) is 1.65. The lowest BCUT2D eigenvalue weighted by Gasteiger charge is -2.33. The molecule has 0 spiro atoms. The molecule has 3 rings (SSSR count). The van der Waals surface area contributed by atoms with Gasteiger partial charge in [0.15, 0.2) is 0 Å². The SMILES string of the molecule is C=CCNS(=O)(=O)c1ccc(C(=O)NC[C@H]2CN(Cc3ccccc3)CCO2)cc1. The highest BCUT2D eigenvalue weighted by atomic mass is 32.2. The third kappa shape index (κ3) is 6.24. The molecule has 1 heterocycles. The number of hydrogen-bond donors (Lipinski definition) is 2. The zero-order valence-electron chi connectivity index (χ0n) is 16.8. The summed E-state index contributed by atoms with van der Waals surface area (Å²) in [6.07, 6.45) is 1.38. The minimum absolute atomic E-state index is 0.0887. The van der Waals surface area contributed by atoms with Gasteiger partial charge in [0, 0.05) is 38.3 Å². The van der Waals surface area contributed by atoms with E-state index in [0.717, 1.165) is 19.6 Å². The van der Waals surface area contributed by atoms with Crippen LogP contribution in [0.5, 0.6) is 0 Å². The van der Waals surface area contributed by atoms with E-state index in [1.54, 1.807) is 0 Å². The normalized spacial score (nSPS) is 17.4. The molecule has 8 heteroatoms. The van der Waals surface area contributed by atoms with E-state index in [1.807, 2.05) is 18.2 Å². The average molecular weight is 430 g/mol. The molecule has 1 fully saturated rings. The maximum atomic E-state index is 12.4. The summed E-state index contributed by atoms with van der Waals surface area (Å²) < 4.78 is 32.3. The molecular weight excluding hydrogens is 402 g/mol. The number of sulfonamides is 1. The fraction of sp³-hybridized carbons (Fsp3) is 0.318. The lowest BCUT2D eigenvalue weighted by molar-refractivity contribution is -0.0292. The van der Waals surface area contributed by atoms with Gasteiger partial charge in [-0.05, 0) is 29.8 Å². The molecule has 0 saturated carbocycles. The van der Waals surface area contributed by atoms with Crippen LogP contribution in [0.4, 0.5) is 0 Å². The van der Waals surface area contributed by atoms with Crippen molar-refractivity contribution in [3.63, 3.8) is 0 Å². The fourth-order valence-electron chi connectivity index (χ4n) is 3.24. The standard InChI is InChI=1S/C22H27N3O4S/c1-2-12-24-30(27,28)21-10-8-19(9-11-21)22(26)23-15-20-17-25(13-14-29-20)16-18-6-4-3-5-7-18/h2-11,20,24H,1,12-17H2,(H,23,26)/t20-/m0/s1. The van der Waals surface area contributed by atoms with Gasteiger partial charge in [-0.1, -0.05) is 36.4 Å². The van der Waals surface area contributed by atoms with Crippen LogP contribution in [0.2, 0.25) is 0 Å². The van der Waals surface area contributed by atoms with Gasteiger partial charge in [0.1, 0.15) is 0 Å². The van der Waals surface area contributed by atoms with Crippen molar-refractivity contribution in [1.29, 1.82) is 0 Å². The van der Waals surface area contributed by atoms with E-state index < -0.39 is 10.0 Å². The third-order valence-electron chi connectivity index (χ3n) is 4.81. The molecule has 2 N–H and O–H groups in total. The molecule has 2 aromatic rings. The third-order valence-corrected chi connectivity index (χ3v) is 6.25. The Hall–Kier alpha value is -2.52. The Bertz CT molecular complexity index is 946. The number of nitrogens with zero attached hydrogens (tertiary/aromatic N) is 1. The number of morpholine rings is 1. The molecule has 7 nitrogen and oxygen atoms in total. The maximum absolute atomic E-state index is 12.4. The summed E-state index contributed by atoms with van der Waals surface area (Å²) in [5.74, 6) is -0.262. The van der Waals surface area contributed by atoms with Crippen LogP contribution in [0.15, 0.2) is 72.1 Å². The Kier molecular flexibility index (Phi) is 7.75. The largest absolute Gasteiger partial charge is 0.374 e. The van der Waals surface area contributed by atoms with E-state index in [9.17, 15) is 13.2 Å². The molecule has 1 saturated heterocycles. The molecule has 160 valence electrons. The first-order valence-electron chi connectivity index (χ1n) is 9.84. The zero-order valence-corrected chi connectivity index (χ0v) is 17.6. The van der Waals surface area contributed by atoms with Crippen LogP contribution in [0.25, 0.3) is 0 Å². The summed E-state index contributed by atoms with van der Waals surface area (Å²) in [4.78, 5) is 14.9. The van der Waals surface area contributed by atoms with E-state index in [4.69, 9.17) is 4.74 Å². The molecule has 1 atom stereocenters. The predicted octanol–water partition coefficient (Wildman–Crippen LogP) is 1.78. The molecule has 1 aliphatic heterocycles. The Labute approximate surface area is 177 Å². The van der Waals surface area contributed by atoms with E-state index in [0.29, 0.717) is 18.7 Å². The number of hydrogen-bond acceptors (Lipinski definition) is 5. The van der Waals surface area contributed by atoms with Crippen molar-refractivity contribution in [2.24, 2.45) is 0 Å². The molecular formula is C22H27N3O4S. The number of carbonyl (C=O) groups excluding carboxylic acids is 1. The number of carbonyl (C=O) groups is 1. The molecule has 0 radical (unpaired) electrons. The van der Waals surface area contributed by atoms with Crippen LogP contribution >= 0.6 is 0 Å². The number of ether oxygens (including phenoxy) is 1. The van der Waals surface area contributed by atoms with Crippen LogP contribution in [-0.4, -0.2) is 58.1 Å². The molecule has 0 unspecified atom stereocenters. The second-order valence-corrected chi connectivity index (χ2v) is 8.86. The van der Waals surface area contributed by atoms with Gasteiger partial charge in [-0.3, -0.25) is 9.69 Å². The summed E-state index contributed by atoms with van der Waals surface area (Å²) >= 11 is 0. The number of nitrogens with one attached hydrogen (secondary N) is 2. The van der Waals surface area contributed by atoms with Crippen molar-refractivity contribution in [2.75, 3.05) is 32.8 Å². The van der Waals surface area contributed by atoms with Gasteiger partial charge < -0.3 is 10.1 Å². The highest BCUT2D eigenvalue weighted by Crippen LogP contribution is 2.12. The Morgan fingerprint density at radius 1 is 1.17 bits per heavy atom. The van der Waals surface area contributed by atoms with Crippen molar-refractivity contribution in [3.8, 4) is 0 Å². The Morgan fingerprint density at radius 3 is 2.60 bits per heavy atom. The van der Waals surface area contributed by atoms with Gasteiger partial charge >= 0.3 is 0 Å². The number of benzene rings is 2. The van der Waals surface area contributed by atoms with Gasteiger partial charge in [-0.25, -0.2) is 13.1 Å². The summed E-state index contributed by atoms with van der Waals surface area (Å²) in [5, 5.41) is 2.88. The van der Waals surface area contributed by atoms with Gasteiger partial charge in [-0.15, -0.1) is 6.58 Å². The molecule has 1 amide bonds. The lowest BCUT2D eigenvalue weighted by Crippen LogP contribution is -2.47. The van der Waals surface area contributed by atoms with E-state index in [-0.39, 0.29) is 23.5 Å². The Morgan fingerprint density at radius 2 is 1.90 bits per heavy atom. The first-order chi connectivity index (χ1) is 14.5. The minimum atomic E-state index is -3.60. The van der Waals surface area contributed by atoms with Gasteiger partial charge in [0.2, 0.25) is 10.0 Å². The summed E-state index contributed by atoms with van der Waals surface area (Å²) in [7, 11) is -3.60. The summed E-state index contributed by atoms with van der Waals surface area (Å²) in [6.45, 7) is 7.09. The van der Waals surface area contributed by atoms with Crippen LogP contribution in [0.3, 0.4) is 0 Å². The monoisotopic (exact) mass is 429 g/mol. The van der Waals surface area contributed by atoms with E-state index >= 15 is 0 Å². The van der Waals surface area contributed by atoms with Crippen LogP contribution < -0.4 is 10.0 Å². The number of amides is 1. The van der Waals surface area contributed by atoms with Crippen molar-refractivity contribution in [1.82, 2.24) is 14.9 Å². The van der Waals surface area contributed by atoms with Crippen molar-refractivity contribution in [2.45, 2.75) is 17.5 Å². The summed E-state index contributed by atoms with van der Waals surface area (Å²) in [6, 6.07) is 16.1. The van der Waals surface area contributed by atoms with E-state index in [2.05, 4.69) is 33.7 Å². The van der Waals surface area contributed by atoms with Crippen molar-refractivity contribution in [3.05, 3.63) is 78.4 Å². The lowest BCUT2D eigenvalue weighted by atomic mass is 10.2. The van der Waals surface area contributed by atoms with Crippen molar-refractivity contribution >= 4 is 15.9 Å². The Balaban J connectivity index is 1.50. The predicted molar refractivity (Wildman–Crippen MR) is 116 cm³/mol. The molecule has 2 aromatic carbocycles. The second-order valence-electron chi connectivity index (χ2n) is 7.09.